The number of benzene rings is 1. The fourth-order valence-corrected chi connectivity index (χ4v) is 2.83. The first kappa shape index (κ1) is 16.5. The number of halogens is 2. The van der Waals surface area contributed by atoms with Gasteiger partial charge in [0, 0.05) is 23.9 Å². The highest BCUT2D eigenvalue weighted by atomic mass is 19.1. The lowest BCUT2D eigenvalue weighted by atomic mass is 9.86. The standard InChI is InChI=1S/C16H22F2N2O2/c1-10-5-3-4-6-14(10)20-15(21)9-19-11-7-12(17)16(22-2)13(18)8-11/h7-8,10,14,19H,3-6,9H2,1-2H3,(H,20,21)/t10-,14-/m0/s1. The third kappa shape index (κ3) is 4.08. The van der Waals surface area contributed by atoms with E-state index in [-0.39, 0.29) is 24.2 Å². The van der Waals surface area contributed by atoms with E-state index >= 15 is 0 Å². The van der Waals surface area contributed by atoms with Gasteiger partial charge in [-0.3, -0.25) is 4.79 Å². The van der Waals surface area contributed by atoms with Gasteiger partial charge in [-0.1, -0.05) is 19.8 Å². The predicted octanol–water partition coefficient (Wildman–Crippen LogP) is 3.08. The molecule has 0 radical (unpaired) electrons. The monoisotopic (exact) mass is 312 g/mol. The van der Waals surface area contributed by atoms with Crippen molar-refractivity contribution >= 4 is 11.6 Å². The van der Waals surface area contributed by atoms with Crippen molar-refractivity contribution in [2.24, 2.45) is 5.92 Å². The van der Waals surface area contributed by atoms with Crippen molar-refractivity contribution in [2.45, 2.75) is 38.6 Å². The number of rotatable bonds is 5. The van der Waals surface area contributed by atoms with Gasteiger partial charge in [-0.2, -0.15) is 0 Å². The Morgan fingerprint density at radius 3 is 2.50 bits per heavy atom. The van der Waals surface area contributed by atoms with Crippen molar-refractivity contribution in [1.82, 2.24) is 5.32 Å². The van der Waals surface area contributed by atoms with Gasteiger partial charge in [0.15, 0.2) is 17.4 Å². The van der Waals surface area contributed by atoms with Crippen LogP contribution in [-0.2, 0) is 4.79 Å². The summed E-state index contributed by atoms with van der Waals surface area (Å²) < 4.78 is 31.7. The zero-order valence-electron chi connectivity index (χ0n) is 12.9. The smallest absolute Gasteiger partial charge is 0.239 e. The van der Waals surface area contributed by atoms with Gasteiger partial charge in [0.05, 0.1) is 13.7 Å². The summed E-state index contributed by atoms with van der Waals surface area (Å²) in [6.07, 6.45) is 4.43. The Balaban J connectivity index is 1.88. The average Bonchev–Trinajstić information content (AvgIpc) is 2.47. The van der Waals surface area contributed by atoms with E-state index in [9.17, 15) is 13.6 Å². The zero-order valence-corrected chi connectivity index (χ0v) is 12.9. The van der Waals surface area contributed by atoms with Crippen LogP contribution in [-0.4, -0.2) is 25.6 Å². The summed E-state index contributed by atoms with van der Waals surface area (Å²) in [7, 11) is 1.20. The van der Waals surface area contributed by atoms with Crippen LogP contribution in [0.5, 0.6) is 5.75 Å². The lowest BCUT2D eigenvalue weighted by Gasteiger charge is -2.29. The highest BCUT2D eigenvalue weighted by Gasteiger charge is 2.22. The second-order valence-corrected chi connectivity index (χ2v) is 5.76. The Morgan fingerprint density at radius 2 is 1.91 bits per heavy atom. The van der Waals surface area contributed by atoms with Gasteiger partial charge in [-0.25, -0.2) is 8.78 Å². The van der Waals surface area contributed by atoms with E-state index < -0.39 is 17.4 Å². The van der Waals surface area contributed by atoms with Crippen LogP contribution in [0.3, 0.4) is 0 Å². The number of hydrogen-bond donors (Lipinski definition) is 2. The largest absolute Gasteiger partial charge is 0.491 e. The molecule has 0 bridgehead atoms. The van der Waals surface area contributed by atoms with Crippen molar-refractivity contribution in [3.05, 3.63) is 23.8 Å². The summed E-state index contributed by atoms with van der Waals surface area (Å²) in [4.78, 5) is 11.9. The number of nitrogens with one attached hydrogen (secondary N) is 2. The fraction of sp³-hybridized carbons (Fsp3) is 0.562. The van der Waals surface area contributed by atoms with Crippen LogP contribution in [0.4, 0.5) is 14.5 Å². The molecule has 1 aliphatic carbocycles. The second kappa shape index (κ2) is 7.42. The van der Waals surface area contributed by atoms with E-state index in [1.165, 1.54) is 13.5 Å². The molecule has 2 atom stereocenters. The van der Waals surface area contributed by atoms with E-state index in [0.29, 0.717) is 5.92 Å². The number of carbonyl (C=O) groups is 1. The van der Waals surface area contributed by atoms with E-state index in [2.05, 4.69) is 22.3 Å². The van der Waals surface area contributed by atoms with Crippen LogP contribution in [0, 0.1) is 17.6 Å². The molecule has 6 heteroatoms. The maximum absolute atomic E-state index is 13.6. The Bertz CT molecular complexity index is 514. The van der Waals surface area contributed by atoms with Gasteiger partial charge in [-0.15, -0.1) is 0 Å². The van der Waals surface area contributed by atoms with Crippen LogP contribution in [0.25, 0.3) is 0 Å². The lowest BCUT2D eigenvalue weighted by Crippen LogP contribution is -2.43. The molecule has 1 aromatic rings. The normalized spacial score (nSPS) is 21.3. The molecule has 1 amide bonds. The van der Waals surface area contributed by atoms with Crippen molar-refractivity contribution in [2.75, 3.05) is 19.0 Å². The van der Waals surface area contributed by atoms with Crippen LogP contribution >= 0.6 is 0 Å². The maximum atomic E-state index is 13.6. The molecule has 2 rings (SSSR count). The van der Waals surface area contributed by atoms with E-state index in [1.807, 2.05) is 0 Å². The molecule has 0 spiro atoms. The molecule has 4 nitrogen and oxygen atoms in total. The van der Waals surface area contributed by atoms with Crippen molar-refractivity contribution < 1.29 is 18.3 Å². The van der Waals surface area contributed by atoms with Crippen LogP contribution in [0.1, 0.15) is 32.6 Å². The molecule has 1 fully saturated rings. The SMILES string of the molecule is COc1c(F)cc(NCC(=O)N[C@H]2CCCC[C@@H]2C)cc1F. The molecular weight excluding hydrogens is 290 g/mol. The Morgan fingerprint density at radius 1 is 1.27 bits per heavy atom. The van der Waals surface area contributed by atoms with Crippen molar-refractivity contribution in [3.63, 3.8) is 0 Å². The van der Waals surface area contributed by atoms with E-state index in [1.54, 1.807) is 0 Å². The van der Waals surface area contributed by atoms with Crippen molar-refractivity contribution in [3.8, 4) is 5.75 Å². The van der Waals surface area contributed by atoms with Crippen LogP contribution in [0.2, 0.25) is 0 Å². The van der Waals surface area contributed by atoms with Crippen LogP contribution in [0.15, 0.2) is 12.1 Å². The summed E-state index contributed by atoms with van der Waals surface area (Å²) in [6, 6.07) is 2.41. The third-order valence-electron chi connectivity index (χ3n) is 4.11. The number of ether oxygens (including phenoxy) is 1. The minimum absolute atomic E-state index is 0.0194. The Hall–Kier alpha value is -1.85. The molecule has 122 valence electrons. The summed E-state index contributed by atoms with van der Waals surface area (Å²) in [5.74, 6) is -1.73. The number of carbonyl (C=O) groups excluding carboxylic acids is 1. The van der Waals surface area contributed by atoms with Gasteiger partial charge < -0.3 is 15.4 Å². The average molecular weight is 312 g/mol. The molecule has 1 aromatic carbocycles. The van der Waals surface area contributed by atoms with Crippen LogP contribution < -0.4 is 15.4 Å². The Labute approximate surface area is 129 Å². The molecular formula is C16H22F2N2O2. The molecule has 0 heterocycles. The molecule has 22 heavy (non-hydrogen) atoms. The van der Waals surface area contributed by atoms with Gasteiger partial charge in [0.2, 0.25) is 5.91 Å². The fourth-order valence-electron chi connectivity index (χ4n) is 2.83. The summed E-state index contributed by atoms with van der Waals surface area (Å²) >= 11 is 0. The first-order valence-corrected chi connectivity index (χ1v) is 7.57. The highest BCUT2D eigenvalue weighted by Crippen LogP contribution is 2.25. The van der Waals surface area contributed by atoms with Gasteiger partial charge in [-0.05, 0) is 18.8 Å². The van der Waals surface area contributed by atoms with Gasteiger partial charge in [0.1, 0.15) is 0 Å². The lowest BCUT2D eigenvalue weighted by molar-refractivity contribution is -0.120. The second-order valence-electron chi connectivity index (χ2n) is 5.76. The number of hydrogen-bond acceptors (Lipinski definition) is 3. The van der Waals surface area contributed by atoms with E-state index in [4.69, 9.17) is 0 Å². The predicted molar refractivity (Wildman–Crippen MR) is 81.0 cm³/mol. The van der Waals surface area contributed by atoms with E-state index in [0.717, 1.165) is 31.4 Å². The Kier molecular flexibility index (Phi) is 5.57. The van der Waals surface area contributed by atoms with Crippen molar-refractivity contribution in [1.29, 1.82) is 0 Å². The molecule has 0 aromatic heterocycles. The maximum Gasteiger partial charge on any atom is 0.239 e. The molecule has 0 unspecified atom stereocenters. The quantitative estimate of drug-likeness (QED) is 0.878. The number of amides is 1. The minimum Gasteiger partial charge on any atom is -0.491 e. The van der Waals surface area contributed by atoms with Gasteiger partial charge in [0.25, 0.3) is 0 Å². The zero-order chi connectivity index (χ0) is 16.1. The third-order valence-corrected chi connectivity index (χ3v) is 4.11. The summed E-state index contributed by atoms with van der Waals surface area (Å²) in [6.45, 7) is 2.11. The minimum atomic E-state index is -0.800. The summed E-state index contributed by atoms with van der Waals surface area (Å²) in [5.41, 5.74) is 0.211. The van der Waals surface area contributed by atoms with Gasteiger partial charge >= 0.3 is 0 Å². The highest BCUT2D eigenvalue weighted by molar-refractivity contribution is 5.81. The summed E-state index contributed by atoms with van der Waals surface area (Å²) in [5, 5.41) is 5.71. The molecule has 1 saturated carbocycles. The molecule has 1 aliphatic rings. The topological polar surface area (TPSA) is 50.4 Å². The molecule has 0 saturated heterocycles. The number of anilines is 1. The molecule has 2 N–H and O–H groups in total. The molecule has 0 aliphatic heterocycles. The first-order valence-electron chi connectivity index (χ1n) is 7.57. The first-order chi connectivity index (χ1) is 10.5. The number of methoxy groups -OCH3 is 1.